The van der Waals surface area contributed by atoms with Crippen molar-refractivity contribution in [3.63, 3.8) is 0 Å². The molecule has 5 heteroatoms. The number of rotatable bonds is 2. The number of nitrogens with one attached hydrogen (secondary N) is 2. The van der Waals surface area contributed by atoms with Crippen LogP contribution in [-0.2, 0) is 6.42 Å². The molecule has 0 spiro atoms. The Bertz CT molecular complexity index is 680. The van der Waals surface area contributed by atoms with Crippen LogP contribution in [0, 0.1) is 5.92 Å². The topological polar surface area (TPSA) is 66.4 Å². The van der Waals surface area contributed by atoms with E-state index in [4.69, 9.17) is 0 Å². The van der Waals surface area contributed by atoms with Crippen molar-refractivity contribution >= 4 is 5.65 Å². The lowest BCUT2D eigenvalue weighted by Crippen LogP contribution is -2.19. The summed E-state index contributed by atoms with van der Waals surface area (Å²) in [7, 11) is 0. The van der Waals surface area contributed by atoms with Gasteiger partial charge >= 0.3 is 0 Å². The molecule has 0 bridgehead atoms. The number of pyridine rings is 1. The van der Waals surface area contributed by atoms with Crippen molar-refractivity contribution in [2.45, 2.75) is 12.8 Å². The summed E-state index contributed by atoms with van der Waals surface area (Å²) in [6, 6.07) is 4.47. The second kappa shape index (κ2) is 4.42. The fourth-order valence-electron chi connectivity index (χ4n) is 2.50. The van der Waals surface area contributed by atoms with Gasteiger partial charge in [0.25, 0.3) is 5.56 Å². The average Bonchev–Trinajstić information content (AvgIpc) is 2.81. The maximum absolute atomic E-state index is 11.9. The van der Waals surface area contributed by atoms with Gasteiger partial charge in [0.05, 0.1) is 0 Å². The summed E-state index contributed by atoms with van der Waals surface area (Å²) in [4.78, 5) is 26.4. The third-order valence-electron chi connectivity index (χ3n) is 3.42. The summed E-state index contributed by atoms with van der Waals surface area (Å²) in [5, 5.41) is 3.31. The van der Waals surface area contributed by atoms with Gasteiger partial charge in [-0.1, -0.05) is 0 Å². The van der Waals surface area contributed by atoms with Gasteiger partial charge < -0.3 is 10.3 Å². The molecule has 1 aliphatic rings. The van der Waals surface area contributed by atoms with Gasteiger partial charge in [0.15, 0.2) is 5.43 Å². The number of hydrogen-bond donors (Lipinski definition) is 2. The van der Waals surface area contributed by atoms with Crippen molar-refractivity contribution in [3.8, 4) is 0 Å². The van der Waals surface area contributed by atoms with E-state index >= 15 is 0 Å². The molecule has 18 heavy (non-hydrogen) atoms. The van der Waals surface area contributed by atoms with Gasteiger partial charge in [0, 0.05) is 30.1 Å². The van der Waals surface area contributed by atoms with Crippen molar-refractivity contribution in [1.82, 2.24) is 14.7 Å². The van der Waals surface area contributed by atoms with Gasteiger partial charge in [-0.05, 0) is 31.8 Å². The highest BCUT2D eigenvalue weighted by molar-refractivity contribution is 5.38. The molecule has 2 N–H and O–H groups in total. The maximum Gasteiger partial charge on any atom is 0.257 e. The minimum Gasteiger partial charge on any atom is -0.345 e. The van der Waals surface area contributed by atoms with Crippen LogP contribution >= 0.6 is 0 Å². The van der Waals surface area contributed by atoms with E-state index in [1.807, 2.05) is 0 Å². The molecule has 1 aliphatic heterocycles. The Labute approximate surface area is 103 Å². The molecule has 5 nitrogen and oxygen atoms in total. The van der Waals surface area contributed by atoms with E-state index in [2.05, 4.69) is 10.3 Å². The molecule has 0 amide bonds. The minimum absolute atomic E-state index is 0.0923. The lowest BCUT2D eigenvalue weighted by molar-refractivity contribution is 0.571. The van der Waals surface area contributed by atoms with Gasteiger partial charge in [-0.3, -0.25) is 14.0 Å². The van der Waals surface area contributed by atoms with E-state index in [1.165, 1.54) is 22.7 Å². The summed E-state index contributed by atoms with van der Waals surface area (Å²) in [6.07, 6.45) is 3.49. The molecule has 94 valence electrons. The van der Waals surface area contributed by atoms with Gasteiger partial charge in [-0.2, -0.15) is 0 Å². The average molecular weight is 245 g/mol. The Hall–Kier alpha value is -1.88. The Morgan fingerprint density at radius 1 is 1.33 bits per heavy atom. The van der Waals surface area contributed by atoms with Crippen molar-refractivity contribution in [3.05, 3.63) is 50.7 Å². The van der Waals surface area contributed by atoms with E-state index in [9.17, 15) is 9.59 Å². The van der Waals surface area contributed by atoms with E-state index in [-0.39, 0.29) is 11.0 Å². The summed E-state index contributed by atoms with van der Waals surface area (Å²) >= 11 is 0. The first-order chi connectivity index (χ1) is 8.72. The first-order valence-corrected chi connectivity index (χ1v) is 6.18. The van der Waals surface area contributed by atoms with Crippen LogP contribution in [0.25, 0.3) is 5.65 Å². The van der Waals surface area contributed by atoms with Gasteiger partial charge in [0.2, 0.25) is 0 Å². The summed E-state index contributed by atoms with van der Waals surface area (Å²) in [5.74, 6) is 0.568. The molecule has 0 radical (unpaired) electrons. The van der Waals surface area contributed by atoms with Crippen LogP contribution < -0.4 is 16.3 Å². The van der Waals surface area contributed by atoms with Crippen molar-refractivity contribution in [2.24, 2.45) is 5.92 Å². The van der Waals surface area contributed by atoms with Crippen molar-refractivity contribution in [2.75, 3.05) is 13.1 Å². The molecule has 1 unspecified atom stereocenters. The van der Waals surface area contributed by atoms with Crippen LogP contribution in [0.5, 0.6) is 0 Å². The predicted octanol–water partition coefficient (Wildman–Crippen LogP) is 0.140. The molecule has 3 rings (SSSR count). The molecule has 3 heterocycles. The minimum atomic E-state index is -0.0929. The van der Waals surface area contributed by atoms with Crippen LogP contribution in [0.4, 0.5) is 0 Å². The number of aromatic amines is 1. The van der Waals surface area contributed by atoms with Gasteiger partial charge in [-0.25, -0.2) is 0 Å². The normalized spacial score (nSPS) is 19.4. The number of nitrogens with zero attached hydrogens (tertiary/aromatic N) is 1. The first kappa shape index (κ1) is 11.2. The third-order valence-corrected chi connectivity index (χ3v) is 3.42. The molecule has 0 aliphatic carbocycles. The smallest absolute Gasteiger partial charge is 0.257 e. The Morgan fingerprint density at radius 3 is 3.00 bits per heavy atom. The van der Waals surface area contributed by atoms with Gasteiger partial charge in [0.1, 0.15) is 5.65 Å². The largest absolute Gasteiger partial charge is 0.345 e. The van der Waals surface area contributed by atoms with E-state index in [0.717, 1.165) is 31.6 Å². The van der Waals surface area contributed by atoms with E-state index in [0.29, 0.717) is 11.6 Å². The molecule has 0 saturated carbocycles. The fourth-order valence-corrected chi connectivity index (χ4v) is 2.50. The van der Waals surface area contributed by atoms with E-state index in [1.54, 1.807) is 6.07 Å². The molecule has 2 aromatic rings. The fraction of sp³-hybridized carbons (Fsp3) is 0.385. The molecule has 2 aromatic heterocycles. The quantitative estimate of drug-likeness (QED) is 0.791. The summed E-state index contributed by atoms with van der Waals surface area (Å²) < 4.78 is 1.46. The third kappa shape index (κ3) is 2.09. The molecule has 1 atom stereocenters. The first-order valence-electron chi connectivity index (χ1n) is 6.18. The standard InChI is InChI=1S/C13H15N3O2/c17-11-2-4-16-12(7-11)15-10(6-13(16)18)5-9-1-3-14-8-9/h2,4,6-7,9,14-15H,1,3,5,8H2. The number of aromatic nitrogens is 2. The van der Waals surface area contributed by atoms with Crippen LogP contribution in [0.1, 0.15) is 12.1 Å². The number of hydrogen-bond acceptors (Lipinski definition) is 3. The lowest BCUT2D eigenvalue weighted by atomic mass is 10.0. The Morgan fingerprint density at radius 2 is 2.22 bits per heavy atom. The van der Waals surface area contributed by atoms with Crippen LogP contribution in [-0.4, -0.2) is 22.5 Å². The van der Waals surface area contributed by atoms with Crippen LogP contribution in [0.2, 0.25) is 0 Å². The predicted molar refractivity (Wildman–Crippen MR) is 69.0 cm³/mol. The zero-order valence-electron chi connectivity index (χ0n) is 9.98. The van der Waals surface area contributed by atoms with Crippen molar-refractivity contribution < 1.29 is 0 Å². The maximum atomic E-state index is 11.9. The van der Waals surface area contributed by atoms with E-state index < -0.39 is 0 Å². The van der Waals surface area contributed by atoms with Crippen LogP contribution in [0.15, 0.2) is 34.0 Å². The molecule has 1 fully saturated rings. The lowest BCUT2D eigenvalue weighted by Gasteiger charge is -2.09. The Kier molecular flexibility index (Phi) is 2.76. The zero-order valence-corrected chi connectivity index (χ0v) is 9.98. The van der Waals surface area contributed by atoms with Crippen LogP contribution in [0.3, 0.4) is 0 Å². The zero-order chi connectivity index (χ0) is 12.5. The molecule has 1 saturated heterocycles. The highest BCUT2D eigenvalue weighted by atomic mass is 16.1. The number of H-pyrrole nitrogens is 1. The molecule has 0 aromatic carbocycles. The molecular weight excluding hydrogens is 230 g/mol. The highest BCUT2D eigenvalue weighted by Crippen LogP contribution is 2.13. The SMILES string of the molecule is O=c1ccn2c(=O)cc(CC3CCNC3)[nH]c2c1. The summed E-state index contributed by atoms with van der Waals surface area (Å²) in [5.41, 5.74) is 1.28. The monoisotopic (exact) mass is 245 g/mol. The second-order valence-corrected chi connectivity index (χ2v) is 4.81. The second-order valence-electron chi connectivity index (χ2n) is 4.81. The highest BCUT2D eigenvalue weighted by Gasteiger charge is 2.15. The molecular formula is C13H15N3O2. The summed E-state index contributed by atoms with van der Waals surface area (Å²) in [6.45, 7) is 2.04. The Balaban J connectivity index is 2.02. The number of fused-ring (bicyclic) bond motifs is 1. The van der Waals surface area contributed by atoms with Gasteiger partial charge in [-0.15, -0.1) is 0 Å². The van der Waals surface area contributed by atoms with Crippen molar-refractivity contribution in [1.29, 1.82) is 0 Å².